The standard InChI is InChI=1S/C26H30N4O3/c1-18-12-15-28(17-18)20-9-7-19(8-10-20)27-23(31)13-16-29-25(33)21-5-3-4-6-22(21)30-24(32)11-14-26(29,30)2/h3-10,18H,11-17H2,1-2H3,(H,27,31). The number of nitrogens with one attached hydrogen (secondary N) is 1. The fourth-order valence-electron chi connectivity index (χ4n) is 5.40. The van der Waals surface area contributed by atoms with Crippen molar-refractivity contribution in [3.63, 3.8) is 0 Å². The van der Waals surface area contributed by atoms with Crippen LogP contribution in [0.25, 0.3) is 0 Å². The van der Waals surface area contributed by atoms with E-state index in [0.717, 1.165) is 18.8 Å². The van der Waals surface area contributed by atoms with Crippen LogP contribution >= 0.6 is 0 Å². The summed E-state index contributed by atoms with van der Waals surface area (Å²) in [4.78, 5) is 44.4. The molecule has 0 aromatic heterocycles. The minimum absolute atomic E-state index is 0.0133. The van der Waals surface area contributed by atoms with Crippen molar-refractivity contribution in [1.29, 1.82) is 0 Å². The maximum absolute atomic E-state index is 13.3. The fourth-order valence-corrected chi connectivity index (χ4v) is 5.40. The van der Waals surface area contributed by atoms with Gasteiger partial charge >= 0.3 is 0 Å². The van der Waals surface area contributed by atoms with Gasteiger partial charge in [0.1, 0.15) is 5.66 Å². The van der Waals surface area contributed by atoms with Gasteiger partial charge in [-0.05, 0) is 62.1 Å². The van der Waals surface area contributed by atoms with Crippen LogP contribution in [0.5, 0.6) is 0 Å². The average Bonchev–Trinajstić information content (AvgIpc) is 3.37. The number of carbonyl (C=O) groups is 3. The molecular weight excluding hydrogens is 416 g/mol. The molecule has 0 saturated carbocycles. The summed E-state index contributed by atoms with van der Waals surface area (Å²) in [6.07, 6.45) is 2.32. The quantitative estimate of drug-likeness (QED) is 0.757. The van der Waals surface area contributed by atoms with Crippen molar-refractivity contribution in [1.82, 2.24) is 4.90 Å². The summed E-state index contributed by atoms with van der Waals surface area (Å²) in [6.45, 7) is 6.57. The van der Waals surface area contributed by atoms with Crippen molar-refractivity contribution in [3.8, 4) is 0 Å². The first kappa shape index (κ1) is 21.5. The molecule has 7 heteroatoms. The van der Waals surface area contributed by atoms with Gasteiger partial charge in [0, 0.05) is 43.9 Å². The number of hydrogen-bond acceptors (Lipinski definition) is 4. The molecule has 0 bridgehead atoms. The van der Waals surface area contributed by atoms with Crippen LogP contribution in [0, 0.1) is 5.92 Å². The fraction of sp³-hybridized carbons (Fsp3) is 0.423. The van der Waals surface area contributed by atoms with E-state index in [2.05, 4.69) is 17.1 Å². The highest BCUT2D eigenvalue weighted by atomic mass is 16.2. The first-order valence-corrected chi connectivity index (χ1v) is 11.8. The van der Waals surface area contributed by atoms with Gasteiger partial charge in [0.15, 0.2) is 0 Å². The highest BCUT2D eigenvalue weighted by Gasteiger charge is 2.52. The molecule has 7 nitrogen and oxygen atoms in total. The first-order valence-electron chi connectivity index (χ1n) is 11.8. The van der Waals surface area contributed by atoms with Crippen molar-refractivity contribution in [2.45, 2.75) is 45.2 Å². The molecule has 33 heavy (non-hydrogen) atoms. The van der Waals surface area contributed by atoms with E-state index in [1.165, 1.54) is 12.1 Å². The maximum atomic E-state index is 13.3. The van der Waals surface area contributed by atoms with Gasteiger partial charge in [-0.25, -0.2) is 0 Å². The number of anilines is 3. The third-order valence-corrected chi connectivity index (χ3v) is 7.25. The Balaban J connectivity index is 1.26. The van der Waals surface area contributed by atoms with Gasteiger partial charge in [-0.15, -0.1) is 0 Å². The number of hydrogen-bond donors (Lipinski definition) is 1. The van der Waals surface area contributed by atoms with Crippen LogP contribution in [0.4, 0.5) is 17.1 Å². The Bertz CT molecular complexity index is 1100. The number of rotatable bonds is 5. The largest absolute Gasteiger partial charge is 0.371 e. The zero-order valence-electron chi connectivity index (χ0n) is 19.2. The molecule has 3 aliphatic heterocycles. The minimum atomic E-state index is -0.739. The molecule has 0 spiro atoms. The summed E-state index contributed by atoms with van der Waals surface area (Å²) in [5.41, 5.74) is 2.36. The Kier molecular flexibility index (Phi) is 5.35. The predicted molar refractivity (Wildman–Crippen MR) is 128 cm³/mol. The van der Waals surface area contributed by atoms with Crippen LogP contribution in [0.3, 0.4) is 0 Å². The van der Waals surface area contributed by atoms with Crippen LogP contribution in [-0.2, 0) is 9.59 Å². The normalized spacial score (nSPS) is 24.2. The summed E-state index contributed by atoms with van der Waals surface area (Å²) in [5.74, 6) is 0.445. The van der Waals surface area contributed by atoms with Crippen LogP contribution < -0.4 is 15.1 Å². The van der Waals surface area contributed by atoms with Gasteiger partial charge in [-0.3, -0.25) is 19.3 Å². The lowest BCUT2D eigenvalue weighted by molar-refractivity contribution is -0.117. The Morgan fingerprint density at radius 3 is 2.61 bits per heavy atom. The van der Waals surface area contributed by atoms with E-state index in [4.69, 9.17) is 0 Å². The van der Waals surface area contributed by atoms with Gasteiger partial charge in [0.2, 0.25) is 11.8 Å². The lowest BCUT2D eigenvalue weighted by Crippen LogP contribution is -2.62. The number of fused-ring (bicyclic) bond motifs is 3. The zero-order chi connectivity index (χ0) is 23.2. The highest BCUT2D eigenvalue weighted by Crippen LogP contribution is 2.44. The number of carbonyl (C=O) groups excluding carboxylic acids is 3. The summed E-state index contributed by atoms with van der Waals surface area (Å²) in [6, 6.07) is 15.2. The second-order valence-corrected chi connectivity index (χ2v) is 9.60. The van der Waals surface area contributed by atoms with E-state index >= 15 is 0 Å². The van der Waals surface area contributed by atoms with Gasteiger partial charge < -0.3 is 15.1 Å². The summed E-state index contributed by atoms with van der Waals surface area (Å²) in [7, 11) is 0. The molecule has 3 aliphatic rings. The van der Waals surface area contributed by atoms with Gasteiger partial charge in [0.25, 0.3) is 5.91 Å². The molecular formula is C26H30N4O3. The molecule has 2 aromatic carbocycles. The Morgan fingerprint density at radius 2 is 1.88 bits per heavy atom. The van der Waals surface area contributed by atoms with E-state index in [1.54, 1.807) is 21.9 Å². The average molecular weight is 447 g/mol. The highest BCUT2D eigenvalue weighted by molar-refractivity contribution is 6.10. The zero-order valence-corrected chi connectivity index (χ0v) is 19.2. The molecule has 2 aromatic rings. The van der Waals surface area contributed by atoms with Gasteiger partial charge in [0.05, 0.1) is 11.3 Å². The van der Waals surface area contributed by atoms with Crippen LogP contribution in [0.15, 0.2) is 48.5 Å². The number of para-hydroxylation sites is 1. The summed E-state index contributed by atoms with van der Waals surface area (Å²) < 4.78 is 0. The Morgan fingerprint density at radius 1 is 1.12 bits per heavy atom. The van der Waals surface area contributed by atoms with E-state index < -0.39 is 5.66 Å². The SMILES string of the molecule is CC1CCN(c2ccc(NC(=O)CCN3C(=O)c4ccccc4N4C(=O)CCC34C)cc2)C1. The third-order valence-electron chi connectivity index (χ3n) is 7.25. The van der Waals surface area contributed by atoms with Gasteiger partial charge in [-0.1, -0.05) is 19.1 Å². The van der Waals surface area contributed by atoms with Crippen molar-refractivity contribution in [2.24, 2.45) is 5.92 Å². The van der Waals surface area contributed by atoms with Crippen molar-refractivity contribution in [3.05, 3.63) is 54.1 Å². The molecule has 2 unspecified atom stereocenters. The molecule has 2 atom stereocenters. The van der Waals surface area contributed by atoms with Crippen molar-refractivity contribution < 1.29 is 14.4 Å². The molecule has 2 saturated heterocycles. The maximum Gasteiger partial charge on any atom is 0.257 e. The molecule has 172 valence electrons. The second-order valence-electron chi connectivity index (χ2n) is 9.60. The van der Waals surface area contributed by atoms with E-state index in [0.29, 0.717) is 30.0 Å². The summed E-state index contributed by atoms with van der Waals surface area (Å²) in [5, 5.41) is 2.95. The summed E-state index contributed by atoms with van der Waals surface area (Å²) >= 11 is 0. The van der Waals surface area contributed by atoms with Crippen molar-refractivity contribution >= 4 is 34.8 Å². The molecule has 3 amide bonds. The number of amides is 3. The van der Waals surface area contributed by atoms with E-state index in [-0.39, 0.29) is 30.7 Å². The van der Waals surface area contributed by atoms with E-state index in [9.17, 15) is 14.4 Å². The smallest absolute Gasteiger partial charge is 0.257 e. The Hall–Kier alpha value is -3.35. The predicted octanol–water partition coefficient (Wildman–Crippen LogP) is 3.86. The lowest BCUT2D eigenvalue weighted by Gasteiger charge is -2.48. The molecule has 3 heterocycles. The Labute approximate surface area is 194 Å². The van der Waals surface area contributed by atoms with Crippen LogP contribution in [0.2, 0.25) is 0 Å². The monoisotopic (exact) mass is 446 g/mol. The second kappa shape index (κ2) is 8.21. The van der Waals surface area contributed by atoms with Crippen LogP contribution in [-0.4, -0.2) is 47.9 Å². The third kappa shape index (κ3) is 3.75. The van der Waals surface area contributed by atoms with Crippen molar-refractivity contribution in [2.75, 3.05) is 34.8 Å². The minimum Gasteiger partial charge on any atom is -0.371 e. The number of benzene rings is 2. The van der Waals surface area contributed by atoms with E-state index in [1.807, 2.05) is 43.3 Å². The van der Waals surface area contributed by atoms with Crippen LogP contribution in [0.1, 0.15) is 49.9 Å². The molecule has 2 fully saturated rings. The first-order chi connectivity index (χ1) is 15.9. The molecule has 0 aliphatic carbocycles. The van der Waals surface area contributed by atoms with Gasteiger partial charge in [-0.2, -0.15) is 0 Å². The lowest BCUT2D eigenvalue weighted by atomic mass is 9.98. The molecule has 1 N–H and O–H groups in total. The number of nitrogens with zero attached hydrogens (tertiary/aromatic N) is 3. The molecule has 5 rings (SSSR count). The molecule has 0 radical (unpaired) electrons. The topological polar surface area (TPSA) is 73.0 Å².